The predicted octanol–water partition coefficient (Wildman–Crippen LogP) is 5.51. The summed E-state index contributed by atoms with van der Waals surface area (Å²) in [5.41, 5.74) is 4.49. The smallest absolute Gasteiger partial charge is 0.123 e. The molecule has 1 saturated heterocycles. The van der Waals surface area contributed by atoms with Crippen LogP contribution in [0.4, 0.5) is 0 Å². The number of nitrogens with zero attached hydrogens (tertiary/aromatic N) is 2. The fourth-order valence-corrected chi connectivity index (χ4v) is 6.18. The van der Waals surface area contributed by atoms with E-state index in [1.807, 2.05) is 35.9 Å². The molecule has 4 heterocycles. The van der Waals surface area contributed by atoms with Crippen LogP contribution >= 0.6 is 23.5 Å². The number of aromatic amines is 2. The maximum atomic E-state index is 4.62. The van der Waals surface area contributed by atoms with Crippen molar-refractivity contribution < 1.29 is 0 Å². The fraction of sp³-hybridized carbons (Fsp3) is 0.182. The van der Waals surface area contributed by atoms with Crippen LogP contribution in [0.5, 0.6) is 0 Å². The van der Waals surface area contributed by atoms with Gasteiger partial charge in [-0.05, 0) is 43.7 Å². The molecule has 0 amide bonds. The Hall–Kier alpha value is -2.48. The van der Waals surface area contributed by atoms with Crippen LogP contribution in [0.2, 0.25) is 0 Å². The Morgan fingerprint density at radius 1 is 0.862 bits per heavy atom. The van der Waals surface area contributed by atoms with E-state index in [1.54, 1.807) is 6.33 Å². The van der Waals surface area contributed by atoms with Crippen molar-refractivity contribution in [3.63, 3.8) is 0 Å². The summed E-state index contributed by atoms with van der Waals surface area (Å²) in [6.45, 7) is 1.08. The largest absolute Gasteiger partial charge is 0.345 e. The molecule has 2 aromatic heterocycles. The third-order valence-electron chi connectivity index (χ3n) is 5.43. The Bertz CT molecular complexity index is 1180. The lowest BCUT2D eigenvalue weighted by Crippen LogP contribution is -2.14. The van der Waals surface area contributed by atoms with E-state index in [0.717, 1.165) is 30.2 Å². The first-order valence-electron chi connectivity index (χ1n) is 9.75. The molecule has 5 nitrogen and oxygen atoms in total. The molecule has 2 aliphatic rings. The lowest BCUT2D eigenvalue weighted by atomic mass is 10.1. The van der Waals surface area contributed by atoms with Crippen LogP contribution in [0.25, 0.3) is 22.5 Å². The second-order valence-corrected chi connectivity index (χ2v) is 9.49. The highest BCUT2D eigenvalue weighted by molar-refractivity contribution is 8.05. The van der Waals surface area contributed by atoms with Crippen LogP contribution in [0, 0.1) is 0 Å². The molecule has 3 N–H and O–H groups in total. The number of nitrogens with one attached hydrogen (secondary N) is 3. The summed E-state index contributed by atoms with van der Waals surface area (Å²) in [5.74, 6) is 1.05. The summed E-state index contributed by atoms with van der Waals surface area (Å²) in [6, 6.07) is 13.7. The zero-order valence-electron chi connectivity index (χ0n) is 15.6. The molecule has 1 unspecified atom stereocenters. The molecule has 0 bridgehead atoms. The highest BCUT2D eigenvalue weighted by Crippen LogP contribution is 2.50. The Morgan fingerprint density at radius 3 is 2.28 bits per heavy atom. The third-order valence-corrected chi connectivity index (χ3v) is 7.96. The van der Waals surface area contributed by atoms with Gasteiger partial charge in [-0.25, -0.2) is 9.97 Å². The van der Waals surface area contributed by atoms with Crippen LogP contribution in [0.3, 0.4) is 0 Å². The SMILES string of the molecule is c1ncc(-c2ccc3c(c2)Sc2ccc(-c4cnc(C5CCCN5)[nH]4)cc2S3)[nH]1. The van der Waals surface area contributed by atoms with E-state index in [4.69, 9.17) is 0 Å². The topological polar surface area (TPSA) is 69.4 Å². The van der Waals surface area contributed by atoms with Gasteiger partial charge in [-0.1, -0.05) is 35.7 Å². The molecule has 1 atom stereocenters. The number of rotatable bonds is 3. The minimum Gasteiger partial charge on any atom is -0.345 e. The number of benzene rings is 2. The van der Waals surface area contributed by atoms with Crippen LogP contribution in [-0.2, 0) is 0 Å². The normalized spacial score (nSPS) is 17.9. The van der Waals surface area contributed by atoms with Gasteiger partial charge in [-0.3, -0.25) is 0 Å². The summed E-state index contributed by atoms with van der Waals surface area (Å²) >= 11 is 3.67. The molecule has 144 valence electrons. The Kier molecular flexibility index (Phi) is 4.25. The number of H-pyrrole nitrogens is 2. The highest BCUT2D eigenvalue weighted by Gasteiger charge is 2.21. The average Bonchev–Trinajstić information content (AvgIpc) is 3.53. The first-order chi connectivity index (χ1) is 14.3. The molecule has 2 aliphatic heterocycles. The molecule has 6 rings (SSSR count). The summed E-state index contributed by atoms with van der Waals surface area (Å²) < 4.78 is 0. The highest BCUT2D eigenvalue weighted by atomic mass is 32.2. The van der Waals surface area contributed by atoms with Crippen LogP contribution in [-0.4, -0.2) is 26.5 Å². The van der Waals surface area contributed by atoms with Crippen molar-refractivity contribution >= 4 is 23.5 Å². The number of hydrogen-bond acceptors (Lipinski definition) is 5. The van der Waals surface area contributed by atoms with Crippen LogP contribution in [0.15, 0.2) is 74.7 Å². The maximum absolute atomic E-state index is 4.62. The molecular formula is C22H19N5S2. The molecule has 0 saturated carbocycles. The van der Waals surface area contributed by atoms with Gasteiger partial charge in [-0.2, -0.15) is 0 Å². The van der Waals surface area contributed by atoms with Gasteiger partial charge < -0.3 is 15.3 Å². The molecule has 2 aromatic carbocycles. The monoisotopic (exact) mass is 417 g/mol. The van der Waals surface area contributed by atoms with Crippen molar-refractivity contribution in [2.75, 3.05) is 6.54 Å². The lowest BCUT2D eigenvalue weighted by Gasteiger charge is -2.19. The van der Waals surface area contributed by atoms with E-state index in [2.05, 4.69) is 61.7 Å². The molecule has 0 spiro atoms. The molecule has 4 aromatic rings. The number of aromatic nitrogens is 4. The van der Waals surface area contributed by atoms with Gasteiger partial charge in [0.05, 0.1) is 36.2 Å². The van der Waals surface area contributed by atoms with Crippen molar-refractivity contribution in [2.45, 2.75) is 38.5 Å². The van der Waals surface area contributed by atoms with Crippen molar-refractivity contribution in [2.24, 2.45) is 0 Å². The number of fused-ring (bicyclic) bond motifs is 2. The van der Waals surface area contributed by atoms with Crippen LogP contribution < -0.4 is 5.32 Å². The predicted molar refractivity (Wildman–Crippen MR) is 116 cm³/mol. The summed E-state index contributed by atoms with van der Waals surface area (Å²) in [7, 11) is 0. The fourth-order valence-electron chi connectivity index (χ4n) is 3.91. The van der Waals surface area contributed by atoms with Crippen molar-refractivity contribution in [1.82, 2.24) is 25.3 Å². The van der Waals surface area contributed by atoms with Crippen molar-refractivity contribution in [3.8, 4) is 22.5 Å². The minimum absolute atomic E-state index is 0.363. The standard InChI is InChI=1S/C22H19N5S2/c1-2-15(24-7-1)22-25-11-17(27-22)14-4-6-19-21(9-14)29-18-5-3-13(8-20(18)28-19)16-10-23-12-26-16/h3-6,8-12,15,24H,1-2,7H2,(H,23,26)(H,25,27). The van der Waals surface area contributed by atoms with E-state index in [-0.39, 0.29) is 0 Å². The lowest BCUT2D eigenvalue weighted by molar-refractivity contribution is 0.613. The van der Waals surface area contributed by atoms with Crippen molar-refractivity contribution in [3.05, 3.63) is 60.9 Å². The molecular weight excluding hydrogens is 398 g/mol. The Balaban J connectivity index is 1.29. The number of hydrogen-bond donors (Lipinski definition) is 3. The van der Waals surface area contributed by atoms with E-state index < -0.39 is 0 Å². The maximum Gasteiger partial charge on any atom is 0.123 e. The first kappa shape index (κ1) is 17.4. The van der Waals surface area contributed by atoms with E-state index >= 15 is 0 Å². The zero-order chi connectivity index (χ0) is 19.2. The molecule has 1 fully saturated rings. The van der Waals surface area contributed by atoms with Crippen LogP contribution in [0.1, 0.15) is 24.7 Å². The Labute approximate surface area is 177 Å². The Morgan fingerprint density at radius 2 is 1.62 bits per heavy atom. The second-order valence-electron chi connectivity index (χ2n) is 7.32. The third kappa shape index (κ3) is 3.19. The first-order valence-corrected chi connectivity index (χ1v) is 11.4. The average molecular weight is 418 g/mol. The summed E-state index contributed by atoms with van der Waals surface area (Å²) in [5, 5.41) is 3.51. The van der Waals surface area contributed by atoms with Crippen molar-refractivity contribution in [1.29, 1.82) is 0 Å². The number of imidazole rings is 2. The van der Waals surface area contributed by atoms with Gasteiger partial charge in [0.25, 0.3) is 0 Å². The second kappa shape index (κ2) is 7.09. The summed E-state index contributed by atoms with van der Waals surface area (Å²) in [6.07, 6.45) is 7.91. The van der Waals surface area contributed by atoms with Gasteiger partial charge in [0.15, 0.2) is 0 Å². The van der Waals surface area contributed by atoms with Gasteiger partial charge in [-0.15, -0.1) is 0 Å². The van der Waals surface area contributed by atoms with E-state index in [0.29, 0.717) is 6.04 Å². The van der Waals surface area contributed by atoms with Gasteiger partial charge >= 0.3 is 0 Å². The summed E-state index contributed by atoms with van der Waals surface area (Å²) in [4.78, 5) is 20.6. The van der Waals surface area contributed by atoms with E-state index in [1.165, 1.54) is 37.1 Å². The molecule has 0 radical (unpaired) electrons. The zero-order valence-corrected chi connectivity index (χ0v) is 17.2. The quantitative estimate of drug-likeness (QED) is 0.361. The van der Waals surface area contributed by atoms with E-state index in [9.17, 15) is 0 Å². The molecule has 0 aliphatic carbocycles. The van der Waals surface area contributed by atoms with Gasteiger partial charge in [0.2, 0.25) is 0 Å². The van der Waals surface area contributed by atoms with Gasteiger partial charge in [0.1, 0.15) is 5.82 Å². The molecule has 29 heavy (non-hydrogen) atoms. The minimum atomic E-state index is 0.363. The molecule has 7 heteroatoms. The van der Waals surface area contributed by atoms with Gasteiger partial charge in [0, 0.05) is 30.7 Å².